The Morgan fingerprint density at radius 3 is 2.63 bits per heavy atom. The molecule has 5 nitrogen and oxygen atoms in total. The fourth-order valence-electron chi connectivity index (χ4n) is 3.80. The third-order valence-electron chi connectivity index (χ3n) is 5.82. The molecule has 0 bridgehead atoms. The number of aliphatic imine (C=N–C) groups is 1. The summed E-state index contributed by atoms with van der Waals surface area (Å²) < 4.78 is 19.5. The van der Waals surface area contributed by atoms with Crippen LogP contribution in [0, 0.1) is 11.7 Å². The van der Waals surface area contributed by atoms with Gasteiger partial charge in [0.2, 0.25) is 0 Å². The smallest absolute Gasteiger partial charge is 0.191 e. The van der Waals surface area contributed by atoms with Gasteiger partial charge in [0.25, 0.3) is 0 Å². The van der Waals surface area contributed by atoms with E-state index in [9.17, 15) is 4.39 Å². The molecule has 2 N–H and O–H groups in total. The van der Waals surface area contributed by atoms with E-state index >= 15 is 0 Å². The highest BCUT2D eigenvalue weighted by molar-refractivity contribution is 5.80. The number of hydrogen-bond acceptors (Lipinski definition) is 3. The lowest BCUT2D eigenvalue weighted by molar-refractivity contribution is 0.296. The van der Waals surface area contributed by atoms with E-state index in [-0.39, 0.29) is 5.82 Å². The number of anilines is 1. The van der Waals surface area contributed by atoms with Crippen LogP contribution >= 0.6 is 0 Å². The van der Waals surface area contributed by atoms with Crippen molar-refractivity contribution in [3.63, 3.8) is 0 Å². The van der Waals surface area contributed by atoms with Crippen LogP contribution in [0.5, 0.6) is 5.75 Å². The van der Waals surface area contributed by atoms with Gasteiger partial charge in [0.05, 0.1) is 6.61 Å². The topological polar surface area (TPSA) is 48.9 Å². The number of ether oxygens (including phenoxy) is 1. The van der Waals surface area contributed by atoms with Crippen molar-refractivity contribution in [3.8, 4) is 5.75 Å². The zero-order valence-electron chi connectivity index (χ0n) is 17.6. The molecule has 0 radical (unpaired) electrons. The van der Waals surface area contributed by atoms with Gasteiger partial charge >= 0.3 is 0 Å². The van der Waals surface area contributed by atoms with Crippen molar-refractivity contribution in [2.45, 2.75) is 38.3 Å². The van der Waals surface area contributed by atoms with Crippen molar-refractivity contribution in [1.29, 1.82) is 0 Å². The van der Waals surface area contributed by atoms with Gasteiger partial charge < -0.3 is 20.3 Å². The summed E-state index contributed by atoms with van der Waals surface area (Å²) in [5, 5.41) is 6.96. The van der Waals surface area contributed by atoms with E-state index in [1.54, 1.807) is 19.2 Å². The lowest BCUT2D eigenvalue weighted by Gasteiger charge is -2.34. The van der Waals surface area contributed by atoms with Crippen molar-refractivity contribution >= 4 is 11.6 Å². The van der Waals surface area contributed by atoms with E-state index in [1.165, 1.54) is 18.9 Å². The minimum atomic E-state index is -0.182. The molecular weight excluding hydrogens is 379 g/mol. The minimum Gasteiger partial charge on any atom is -0.493 e. The lowest BCUT2D eigenvalue weighted by Crippen LogP contribution is -2.48. The second kappa shape index (κ2) is 9.83. The maximum absolute atomic E-state index is 13.5. The van der Waals surface area contributed by atoms with Gasteiger partial charge in [-0.1, -0.05) is 24.3 Å². The summed E-state index contributed by atoms with van der Waals surface area (Å²) in [6, 6.07) is 15.4. The van der Waals surface area contributed by atoms with Crippen LogP contribution in [0.15, 0.2) is 53.5 Å². The van der Waals surface area contributed by atoms with Crippen molar-refractivity contribution < 1.29 is 9.13 Å². The van der Waals surface area contributed by atoms with Crippen molar-refractivity contribution in [3.05, 3.63) is 59.9 Å². The molecule has 0 atom stereocenters. The molecule has 1 saturated carbocycles. The molecule has 2 fully saturated rings. The van der Waals surface area contributed by atoms with E-state index in [4.69, 9.17) is 4.74 Å². The second-order valence-corrected chi connectivity index (χ2v) is 8.17. The van der Waals surface area contributed by atoms with Gasteiger partial charge in [-0.05, 0) is 55.9 Å². The summed E-state index contributed by atoms with van der Waals surface area (Å²) >= 11 is 0. The van der Waals surface area contributed by atoms with Gasteiger partial charge in [0.1, 0.15) is 11.6 Å². The maximum atomic E-state index is 13.5. The Morgan fingerprint density at radius 2 is 1.90 bits per heavy atom. The van der Waals surface area contributed by atoms with Crippen LogP contribution in [0.4, 0.5) is 10.1 Å². The molecule has 0 unspecified atom stereocenters. The van der Waals surface area contributed by atoms with Gasteiger partial charge in [-0.3, -0.25) is 4.99 Å². The highest BCUT2D eigenvalue weighted by atomic mass is 19.1. The van der Waals surface area contributed by atoms with Gasteiger partial charge in [-0.25, -0.2) is 4.39 Å². The largest absolute Gasteiger partial charge is 0.493 e. The summed E-state index contributed by atoms with van der Waals surface area (Å²) in [7, 11) is 1.80. The summed E-state index contributed by atoms with van der Waals surface area (Å²) in [6.45, 7) is 3.28. The van der Waals surface area contributed by atoms with Gasteiger partial charge in [0.15, 0.2) is 5.96 Å². The highest BCUT2D eigenvalue weighted by Crippen LogP contribution is 2.30. The number of para-hydroxylation sites is 1. The van der Waals surface area contributed by atoms with Crippen LogP contribution in [0.2, 0.25) is 0 Å². The quantitative estimate of drug-likeness (QED) is 0.536. The Morgan fingerprint density at radius 1 is 1.10 bits per heavy atom. The van der Waals surface area contributed by atoms with Crippen LogP contribution in [0.3, 0.4) is 0 Å². The molecule has 6 heteroatoms. The molecule has 2 aromatic carbocycles. The number of nitrogens with zero attached hydrogens (tertiary/aromatic N) is 2. The fraction of sp³-hybridized carbons (Fsp3) is 0.458. The average Bonchev–Trinajstić information content (AvgIpc) is 3.61. The zero-order chi connectivity index (χ0) is 20.8. The third kappa shape index (κ3) is 5.65. The summed E-state index contributed by atoms with van der Waals surface area (Å²) in [5.41, 5.74) is 2.10. The molecule has 2 aliphatic rings. The molecule has 4 rings (SSSR count). The third-order valence-corrected chi connectivity index (χ3v) is 5.82. The number of rotatable bonds is 7. The van der Waals surface area contributed by atoms with Gasteiger partial charge in [0, 0.05) is 44.0 Å². The van der Waals surface area contributed by atoms with Gasteiger partial charge in [-0.2, -0.15) is 0 Å². The first-order valence-corrected chi connectivity index (χ1v) is 10.9. The van der Waals surface area contributed by atoms with Crippen molar-refractivity contribution in [2.24, 2.45) is 10.9 Å². The molecule has 1 saturated heterocycles. The van der Waals surface area contributed by atoms with Crippen LogP contribution in [0.25, 0.3) is 0 Å². The average molecular weight is 411 g/mol. The number of halogens is 1. The van der Waals surface area contributed by atoms with Crippen molar-refractivity contribution in [2.75, 3.05) is 31.6 Å². The molecule has 0 aromatic heterocycles. The summed E-state index contributed by atoms with van der Waals surface area (Å²) in [6.07, 6.45) is 4.54. The normalized spacial score (nSPS) is 17.7. The minimum absolute atomic E-state index is 0.182. The first kappa shape index (κ1) is 20.5. The number of guanidine groups is 1. The zero-order valence-corrected chi connectivity index (χ0v) is 17.6. The standard InChI is InChI=1S/C24H31FN4O/c1-26-24(27-16-19-5-2-3-8-23(19)30-17-18-9-10-18)28-21-11-13-29(14-12-21)22-7-4-6-20(25)15-22/h2-8,15,18,21H,9-14,16-17H2,1H3,(H2,26,27,28). The van der Waals surface area contributed by atoms with Crippen LogP contribution in [-0.4, -0.2) is 38.7 Å². The number of benzene rings is 2. The predicted octanol–water partition coefficient (Wildman–Crippen LogP) is 3.95. The van der Waals surface area contributed by atoms with Crippen molar-refractivity contribution in [1.82, 2.24) is 10.6 Å². The Balaban J connectivity index is 1.26. The van der Waals surface area contributed by atoms with Gasteiger partial charge in [-0.15, -0.1) is 0 Å². The highest BCUT2D eigenvalue weighted by Gasteiger charge is 2.23. The Kier molecular flexibility index (Phi) is 6.72. The second-order valence-electron chi connectivity index (χ2n) is 8.17. The Hall–Kier alpha value is -2.76. The van der Waals surface area contributed by atoms with E-state index in [0.717, 1.165) is 61.4 Å². The molecule has 160 valence electrons. The lowest BCUT2D eigenvalue weighted by atomic mass is 10.0. The molecule has 1 aliphatic carbocycles. The number of piperidine rings is 1. The molecule has 0 spiro atoms. The molecule has 30 heavy (non-hydrogen) atoms. The van der Waals surface area contributed by atoms with E-state index in [1.807, 2.05) is 24.3 Å². The fourth-order valence-corrected chi connectivity index (χ4v) is 3.80. The van der Waals surface area contributed by atoms with Crippen LogP contribution in [0.1, 0.15) is 31.2 Å². The number of hydrogen-bond donors (Lipinski definition) is 2. The predicted molar refractivity (Wildman–Crippen MR) is 120 cm³/mol. The number of nitrogens with one attached hydrogen (secondary N) is 2. The molecule has 2 aromatic rings. The SMILES string of the molecule is CN=C(NCc1ccccc1OCC1CC1)NC1CCN(c2cccc(F)c2)CC1. The van der Waals surface area contributed by atoms with E-state index in [2.05, 4.69) is 26.6 Å². The van der Waals surface area contributed by atoms with E-state index in [0.29, 0.717) is 12.6 Å². The monoisotopic (exact) mass is 410 g/mol. The van der Waals surface area contributed by atoms with E-state index < -0.39 is 0 Å². The molecular formula is C24H31FN4O. The first-order valence-electron chi connectivity index (χ1n) is 10.9. The Bertz CT molecular complexity index is 860. The molecule has 0 amide bonds. The molecule has 1 aliphatic heterocycles. The Labute approximate surface area is 178 Å². The van der Waals surface area contributed by atoms with Crippen LogP contribution in [-0.2, 0) is 6.54 Å². The maximum Gasteiger partial charge on any atom is 0.191 e. The molecule has 1 heterocycles. The first-order chi connectivity index (χ1) is 14.7. The summed E-state index contributed by atoms with van der Waals surface area (Å²) in [5.74, 6) is 2.31. The summed E-state index contributed by atoms with van der Waals surface area (Å²) in [4.78, 5) is 6.63. The van der Waals surface area contributed by atoms with Crippen LogP contribution < -0.4 is 20.3 Å².